The SMILES string of the molecule is CCCCC/C=C\C/C=C\CCCCCCC/C=N/NC(=O)CC[C@H](NC(=O)CC[C@H](N=C(N)N)C(=O)N[C@@H](CCC(=O)N/N=C/CCCCCCC/C=C\C/C=C\CCCCC)C(=O)N/N=C/CCCCCCC/C=C\C/C=C\CCCCC)C(=O)N/N=C/CCCCCCC/C=C\C/C=C\CCCCC. The first-order valence-corrected chi connectivity index (χ1v) is 42.6. The molecule has 0 spiro atoms. The van der Waals surface area contributed by atoms with Gasteiger partial charge in [0.15, 0.2) is 5.96 Å². The second-order valence-electron chi connectivity index (χ2n) is 28.2. The van der Waals surface area contributed by atoms with Crippen LogP contribution in [0.25, 0.3) is 0 Å². The topological polar surface area (TPSA) is 288 Å². The van der Waals surface area contributed by atoms with Crippen LogP contribution >= 0.6 is 0 Å². The van der Waals surface area contributed by atoms with E-state index in [-0.39, 0.29) is 38.5 Å². The van der Waals surface area contributed by atoms with Crippen molar-refractivity contribution >= 4 is 66.3 Å². The molecule has 606 valence electrons. The van der Waals surface area contributed by atoms with E-state index in [0.717, 1.165) is 205 Å². The maximum Gasteiger partial charge on any atom is 0.262 e. The molecule has 0 heterocycles. The molecular weight excluding hydrogens is 1340 g/mol. The zero-order chi connectivity index (χ0) is 77.9. The van der Waals surface area contributed by atoms with Gasteiger partial charge in [-0.05, 0) is 199 Å². The fourth-order valence-electron chi connectivity index (χ4n) is 11.5. The zero-order valence-electron chi connectivity index (χ0n) is 67.8. The molecule has 0 aliphatic heterocycles. The molecule has 0 aliphatic carbocycles. The number of guanidine groups is 1. The molecule has 0 fully saturated rings. The first-order chi connectivity index (χ1) is 52.5. The van der Waals surface area contributed by atoms with Crippen molar-refractivity contribution in [3.63, 3.8) is 0 Å². The lowest BCUT2D eigenvalue weighted by molar-refractivity contribution is -0.131. The van der Waals surface area contributed by atoms with Gasteiger partial charge in [0.25, 0.3) is 11.8 Å². The molecule has 0 rings (SSSR count). The molecule has 107 heavy (non-hydrogen) atoms. The third-order valence-corrected chi connectivity index (χ3v) is 18.1. The fraction of sp³-hybridized carbons (Fsp3) is 0.693. The molecule has 0 aliphatic rings. The molecule has 0 aromatic rings. The van der Waals surface area contributed by atoms with E-state index >= 15 is 0 Å². The van der Waals surface area contributed by atoms with Gasteiger partial charge in [-0.2, -0.15) is 20.4 Å². The van der Waals surface area contributed by atoms with E-state index in [1.165, 1.54) is 77.0 Å². The standard InChI is InChI=1S/C88H153N13O6/c1-5-9-13-17-21-25-29-33-37-41-45-49-53-57-61-65-75-91-98-83(103)73-70-80(86(106)100-93-77-67-63-59-55-51-47-43-39-35-31-27-23-19-15-11-7-3)95-82(102)72-69-79(97-88(89)90)85(105)96-81(87(107)101-94-78-68-64-60-56-52-48-44-40-36-32-28-24-20-16-12-8-4)71-74-84(104)99-92-76-66-62-58-54-50-46-42-38-34-30-26-22-18-14-10-6-2/h21-28,33-40,75-81H,5-20,29-32,41-74H2,1-4H3,(H,95,102)(H,96,105)(H,98,103)(H,99,104)(H,100,106)(H,101,107)(H4,89,90,97)/b25-21-,26-22-,27-23-,28-24-,37-33-,38-34-,39-35-,40-36-,91-75+,92-76+,93-77+,94-78+/t79-,80-,81-/m0/s1. The number of carbonyl (C=O) groups is 6. The van der Waals surface area contributed by atoms with Crippen LogP contribution in [0.3, 0.4) is 0 Å². The van der Waals surface area contributed by atoms with Gasteiger partial charge in [-0.15, -0.1) is 0 Å². The Kier molecular flexibility index (Phi) is 75.7. The van der Waals surface area contributed by atoms with Gasteiger partial charge < -0.3 is 22.1 Å². The average Bonchev–Trinajstić information content (AvgIpc) is 0.885. The van der Waals surface area contributed by atoms with Crippen LogP contribution < -0.4 is 43.8 Å². The number of amides is 6. The molecular formula is C88H153N13O6. The molecule has 0 saturated carbocycles. The Labute approximate surface area is 650 Å². The number of allylic oxidation sites excluding steroid dienone is 16. The van der Waals surface area contributed by atoms with Crippen molar-refractivity contribution in [3.8, 4) is 0 Å². The van der Waals surface area contributed by atoms with Crippen LogP contribution in [-0.2, 0) is 28.8 Å². The van der Waals surface area contributed by atoms with Gasteiger partial charge >= 0.3 is 0 Å². The Morgan fingerprint density at radius 3 is 0.794 bits per heavy atom. The Bertz CT molecular complexity index is 2580. The summed E-state index contributed by atoms with van der Waals surface area (Å²) in [5.41, 5.74) is 21.8. The number of rotatable bonds is 75. The molecule has 10 N–H and O–H groups in total. The highest BCUT2D eigenvalue weighted by molar-refractivity contribution is 5.93. The van der Waals surface area contributed by atoms with Crippen LogP contribution in [0.4, 0.5) is 0 Å². The molecule has 0 aromatic carbocycles. The third-order valence-electron chi connectivity index (χ3n) is 18.1. The lowest BCUT2D eigenvalue weighted by Crippen LogP contribution is -2.49. The minimum absolute atomic E-state index is 0.0766. The summed E-state index contributed by atoms with van der Waals surface area (Å²) in [6.07, 6.45) is 94.0. The number of nitrogens with zero attached hydrogens (tertiary/aromatic N) is 5. The van der Waals surface area contributed by atoms with Crippen molar-refractivity contribution < 1.29 is 28.8 Å². The van der Waals surface area contributed by atoms with E-state index in [2.05, 4.69) is 183 Å². The predicted molar refractivity (Wildman–Crippen MR) is 455 cm³/mol. The molecule has 19 nitrogen and oxygen atoms in total. The minimum Gasteiger partial charge on any atom is -0.370 e. The fourth-order valence-corrected chi connectivity index (χ4v) is 11.5. The van der Waals surface area contributed by atoms with Crippen LogP contribution in [0.5, 0.6) is 0 Å². The van der Waals surface area contributed by atoms with Gasteiger partial charge in [-0.3, -0.25) is 28.8 Å². The smallest absolute Gasteiger partial charge is 0.262 e. The number of hydrazone groups is 4. The monoisotopic (exact) mass is 1490 g/mol. The van der Waals surface area contributed by atoms with Gasteiger partial charge in [0.05, 0.1) is 0 Å². The number of aliphatic imine (C=N–C) groups is 1. The zero-order valence-corrected chi connectivity index (χ0v) is 67.8. The van der Waals surface area contributed by atoms with Crippen molar-refractivity contribution in [1.82, 2.24) is 32.3 Å². The Morgan fingerprint density at radius 2 is 0.514 bits per heavy atom. The summed E-state index contributed by atoms with van der Waals surface area (Å²) in [4.78, 5) is 85.7. The van der Waals surface area contributed by atoms with Gasteiger partial charge in [0.1, 0.15) is 18.1 Å². The van der Waals surface area contributed by atoms with E-state index in [1.54, 1.807) is 24.9 Å². The highest BCUT2D eigenvalue weighted by Crippen LogP contribution is 2.14. The van der Waals surface area contributed by atoms with Crippen LogP contribution in [-0.4, -0.2) is 84.4 Å². The lowest BCUT2D eigenvalue weighted by atomic mass is 10.1. The van der Waals surface area contributed by atoms with Crippen molar-refractivity contribution in [2.24, 2.45) is 36.9 Å². The summed E-state index contributed by atoms with van der Waals surface area (Å²) in [6, 6.07) is -3.79. The summed E-state index contributed by atoms with van der Waals surface area (Å²) in [5.74, 6) is -4.02. The van der Waals surface area contributed by atoms with Crippen LogP contribution in [0.2, 0.25) is 0 Å². The van der Waals surface area contributed by atoms with Crippen LogP contribution in [0, 0.1) is 0 Å². The maximum absolute atomic E-state index is 14.1. The van der Waals surface area contributed by atoms with Gasteiger partial charge in [0, 0.05) is 44.1 Å². The van der Waals surface area contributed by atoms with Crippen molar-refractivity contribution in [1.29, 1.82) is 0 Å². The van der Waals surface area contributed by atoms with Crippen LogP contribution in [0.1, 0.15) is 374 Å². The number of nitrogens with two attached hydrogens (primary N) is 2. The molecule has 0 saturated heterocycles. The van der Waals surface area contributed by atoms with E-state index in [0.29, 0.717) is 25.7 Å². The quantitative estimate of drug-likeness (QED) is 0.00950. The molecule has 0 aromatic heterocycles. The number of hydrogen-bond donors (Lipinski definition) is 8. The second-order valence-corrected chi connectivity index (χ2v) is 28.2. The van der Waals surface area contributed by atoms with E-state index in [4.69, 9.17) is 11.5 Å². The van der Waals surface area contributed by atoms with Gasteiger partial charge in [-0.1, -0.05) is 253 Å². The normalized spacial score (nSPS) is 13.1. The first kappa shape index (κ1) is 99.7. The predicted octanol–water partition coefficient (Wildman–Crippen LogP) is 20.6. The van der Waals surface area contributed by atoms with E-state index in [9.17, 15) is 28.8 Å². The maximum atomic E-state index is 14.1. The average molecular weight is 1490 g/mol. The number of hydrogen-bond acceptors (Lipinski definition) is 11. The number of nitrogens with one attached hydrogen (secondary N) is 6. The number of carbonyl (C=O) groups excluding carboxylic acids is 6. The first-order valence-electron chi connectivity index (χ1n) is 42.6. The largest absolute Gasteiger partial charge is 0.370 e. The van der Waals surface area contributed by atoms with Crippen molar-refractivity contribution in [2.45, 2.75) is 393 Å². The summed E-state index contributed by atoms with van der Waals surface area (Å²) in [5, 5.41) is 22.0. The van der Waals surface area contributed by atoms with Crippen molar-refractivity contribution in [3.05, 3.63) is 97.2 Å². The summed E-state index contributed by atoms with van der Waals surface area (Å²) >= 11 is 0. The molecule has 0 unspecified atom stereocenters. The second kappa shape index (κ2) is 81.2. The summed E-state index contributed by atoms with van der Waals surface area (Å²) in [6.45, 7) is 8.90. The van der Waals surface area contributed by atoms with Crippen molar-refractivity contribution in [2.75, 3.05) is 0 Å². The van der Waals surface area contributed by atoms with Gasteiger partial charge in [0.2, 0.25) is 23.6 Å². The highest BCUT2D eigenvalue weighted by atomic mass is 16.2. The highest BCUT2D eigenvalue weighted by Gasteiger charge is 2.28. The summed E-state index contributed by atoms with van der Waals surface area (Å²) < 4.78 is 0. The lowest BCUT2D eigenvalue weighted by Gasteiger charge is -2.20. The Hall–Kier alpha value is -7.31. The Morgan fingerprint density at radius 1 is 0.271 bits per heavy atom. The number of unbranched alkanes of at least 4 members (excludes halogenated alkanes) is 36. The molecule has 19 heteroatoms. The molecule has 0 radical (unpaired) electrons. The van der Waals surface area contributed by atoms with Gasteiger partial charge in [-0.25, -0.2) is 26.7 Å². The van der Waals surface area contributed by atoms with E-state index < -0.39 is 59.5 Å². The van der Waals surface area contributed by atoms with Crippen LogP contribution in [0.15, 0.2) is 123 Å². The molecule has 0 bridgehead atoms. The molecule has 6 amide bonds. The summed E-state index contributed by atoms with van der Waals surface area (Å²) in [7, 11) is 0. The molecule has 3 atom stereocenters. The minimum atomic E-state index is -1.35. The Balaban J connectivity index is 5.84. The third kappa shape index (κ3) is 74.0. The van der Waals surface area contributed by atoms with E-state index in [1.807, 2.05) is 0 Å².